The molecule has 4 aromatic rings. The number of hydrogen-bond acceptors (Lipinski definition) is 3. The number of nitrogens with one attached hydrogen (secondary N) is 1. The van der Waals surface area contributed by atoms with Gasteiger partial charge in [0.2, 0.25) is 0 Å². The fourth-order valence-electron chi connectivity index (χ4n) is 5.51. The molecule has 182 valence electrons. The van der Waals surface area contributed by atoms with Gasteiger partial charge < -0.3 is 9.64 Å². The van der Waals surface area contributed by atoms with Crippen molar-refractivity contribution in [2.75, 3.05) is 0 Å². The van der Waals surface area contributed by atoms with E-state index in [1.54, 1.807) is 0 Å². The lowest BCUT2D eigenvalue weighted by Crippen LogP contribution is -2.37. The highest BCUT2D eigenvalue weighted by Crippen LogP contribution is 2.46. The Labute approximate surface area is 216 Å². The average molecular weight is 498 g/mol. The van der Waals surface area contributed by atoms with Crippen molar-refractivity contribution in [3.63, 3.8) is 0 Å². The summed E-state index contributed by atoms with van der Waals surface area (Å²) in [5.74, 6) is 0.813. The first kappa shape index (κ1) is 22.9. The van der Waals surface area contributed by atoms with Crippen molar-refractivity contribution >= 4 is 17.5 Å². The van der Waals surface area contributed by atoms with Gasteiger partial charge in [-0.2, -0.15) is 5.10 Å². The SMILES string of the molecule is Cc1ccc(-c2n[nH]c3c2C(c2ccc(OCc4ccccc4Cl)cc2)N(C2CCCC2)C3=O)cc1. The van der Waals surface area contributed by atoms with E-state index in [0.29, 0.717) is 17.3 Å². The summed E-state index contributed by atoms with van der Waals surface area (Å²) < 4.78 is 6.01. The predicted molar refractivity (Wildman–Crippen MR) is 141 cm³/mol. The molecular weight excluding hydrogens is 470 g/mol. The number of aromatic amines is 1. The molecule has 1 atom stereocenters. The number of benzene rings is 3. The van der Waals surface area contributed by atoms with Crippen molar-refractivity contribution in [3.05, 3.63) is 106 Å². The molecule has 0 saturated heterocycles. The van der Waals surface area contributed by atoms with Crippen LogP contribution in [0, 0.1) is 6.92 Å². The minimum atomic E-state index is -0.178. The third-order valence-corrected chi connectivity index (χ3v) is 7.76. The maximum atomic E-state index is 13.6. The number of carbonyl (C=O) groups excluding carboxylic acids is 1. The van der Waals surface area contributed by atoms with Gasteiger partial charge in [0.05, 0.1) is 11.7 Å². The van der Waals surface area contributed by atoms with Crippen molar-refractivity contribution in [2.24, 2.45) is 0 Å². The van der Waals surface area contributed by atoms with Gasteiger partial charge >= 0.3 is 0 Å². The van der Waals surface area contributed by atoms with Crippen LogP contribution < -0.4 is 4.74 Å². The fourth-order valence-corrected chi connectivity index (χ4v) is 5.70. The van der Waals surface area contributed by atoms with E-state index < -0.39 is 0 Å². The summed E-state index contributed by atoms with van der Waals surface area (Å²) in [7, 11) is 0. The number of amides is 1. The monoisotopic (exact) mass is 497 g/mol. The largest absolute Gasteiger partial charge is 0.489 e. The van der Waals surface area contributed by atoms with E-state index in [9.17, 15) is 4.79 Å². The van der Waals surface area contributed by atoms with E-state index in [4.69, 9.17) is 16.3 Å². The molecule has 2 heterocycles. The van der Waals surface area contributed by atoms with Gasteiger partial charge in [0.25, 0.3) is 5.91 Å². The van der Waals surface area contributed by atoms with Gasteiger partial charge in [-0.3, -0.25) is 9.89 Å². The Bertz CT molecular complexity index is 1390. The normalized spacial score (nSPS) is 17.6. The Kier molecular flexibility index (Phi) is 6.02. The number of ether oxygens (including phenoxy) is 1. The smallest absolute Gasteiger partial charge is 0.273 e. The van der Waals surface area contributed by atoms with Crippen LogP contribution >= 0.6 is 11.6 Å². The summed E-state index contributed by atoms with van der Waals surface area (Å²) in [5, 5.41) is 8.38. The number of fused-ring (bicyclic) bond motifs is 1. The molecule has 1 fully saturated rings. The van der Waals surface area contributed by atoms with E-state index in [2.05, 4.69) is 58.4 Å². The van der Waals surface area contributed by atoms with Crippen LogP contribution in [0.15, 0.2) is 72.8 Å². The molecule has 1 aliphatic carbocycles. The molecule has 36 heavy (non-hydrogen) atoms. The molecule has 1 saturated carbocycles. The van der Waals surface area contributed by atoms with Gasteiger partial charge in [-0.05, 0) is 43.5 Å². The zero-order chi connectivity index (χ0) is 24.6. The van der Waals surface area contributed by atoms with Gasteiger partial charge in [0, 0.05) is 27.8 Å². The molecule has 1 aromatic heterocycles. The summed E-state index contributed by atoms with van der Waals surface area (Å²) in [6.45, 7) is 2.47. The first-order chi connectivity index (χ1) is 17.6. The van der Waals surface area contributed by atoms with Crippen LogP contribution in [0.5, 0.6) is 5.75 Å². The second kappa shape index (κ2) is 9.47. The van der Waals surface area contributed by atoms with Crippen LogP contribution in [0.1, 0.15) is 64.5 Å². The molecule has 1 N–H and O–H groups in total. The summed E-state index contributed by atoms with van der Waals surface area (Å²) in [6.07, 6.45) is 4.40. The van der Waals surface area contributed by atoms with Crippen LogP contribution in [-0.2, 0) is 6.61 Å². The molecule has 3 aromatic carbocycles. The molecule has 6 rings (SSSR count). The van der Waals surface area contributed by atoms with Crippen LogP contribution in [0.2, 0.25) is 5.02 Å². The zero-order valence-corrected chi connectivity index (χ0v) is 21.0. The minimum absolute atomic E-state index is 0.0480. The number of rotatable bonds is 6. The molecule has 1 unspecified atom stereocenters. The van der Waals surface area contributed by atoms with Crippen LogP contribution in [0.3, 0.4) is 0 Å². The highest BCUT2D eigenvalue weighted by atomic mass is 35.5. The maximum Gasteiger partial charge on any atom is 0.273 e. The predicted octanol–water partition coefficient (Wildman–Crippen LogP) is 7.11. The number of carbonyl (C=O) groups is 1. The highest BCUT2D eigenvalue weighted by Gasteiger charge is 2.45. The quantitative estimate of drug-likeness (QED) is 0.309. The second-order valence-corrected chi connectivity index (χ2v) is 10.1. The maximum absolute atomic E-state index is 13.6. The molecule has 1 amide bonds. The van der Waals surface area contributed by atoms with Crippen molar-refractivity contribution in [1.29, 1.82) is 0 Å². The minimum Gasteiger partial charge on any atom is -0.489 e. The zero-order valence-electron chi connectivity index (χ0n) is 20.2. The molecule has 5 nitrogen and oxygen atoms in total. The molecule has 1 aliphatic heterocycles. The molecule has 6 heteroatoms. The van der Waals surface area contributed by atoms with Crippen LogP contribution in [0.4, 0.5) is 0 Å². The highest BCUT2D eigenvalue weighted by molar-refractivity contribution is 6.31. The third kappa shape index (κ3) is 4.07. The third-order valence-electron chi connectivity index (χ3n) is 7.40. The van der Waals surface area contributed by atoms with Gasteiger partial charge in [-0.1, -0.05) is 84.6 Å². The van der Waals surface area contributed by atoms with Crippen molar-refractivity contribution in [2.45, 2.75) is 51.3 Å². The van der Waals surface area contributed by atoms with Gasteiger partial charge in [0.15, 0.2) is 0 Å². The Morgan fingerprint density at radius 1 is 1.00 bits per heavy atom. The van der Waals surface area contributed by atoms with E-state index in [1.165, 1.54) is 5.56 Å². The molecular formula is C30H28ClN3O2. The lowest BCUT2D eigenvalue weighted by atomic mass is 9.95. The molecule has 0 bridgehead atoms. The number of halogens is 1. The first-order valence-corrected chi connectivity index (χ1v) is 12.9. The van der Waals surface area contributed by atoms with Crippen LogP contribution in [0.25, 0.3) is 11.3 Å². The standard InChI is InChI=1S/C30H28ClN3O2/c1-19-10-12-20(13-11-19)27-26-28(33-32-27)30(35)34(23-7-3-4-8-23)29(26)21-14-16-24(17-15-21)36-18-22-6-2-5-9-25(22)31/h2,5-6,9-17,23,29H,3-4,7-8,18H2,1H3,(H,32,33). The first-order valence-electron chi connectivity index (χ1n) is 12.5. The number of H-pyrrole nitrogens is 1. The number of aryl methyl sites for hydroxylation is 1. The summed E-state index contributed by atoms with van der Waals surface area (Å²) in [6, 6.07) is 24.2. The lowest BCUT2D eigenvalue weighted by Gasteiger charge is -2.32. The Balaban J connectivity index is 1.34. The van der Waals surface area contributed by atoms with Gasteiger partial charge in [-0.15, -0.1) is 0 Å². The van der Waals surface area contributed by atoms with E-state index in [1.807, 2.05) is 36.4 Å². The Hall–Kier alpha value is -3.57. The molecule has 0 radical (unpaired) electrons. The summed E-state index contributed by atoms with van der Waals surface area (Å²) >= 11 is 6.28. The van der Waals surface area contributed by atoms with Gasteiger partial charge in [0.1, 0.15) is 18.1 Å². The van der Waals surface area contributed by atoms with Crippen molar-refractivity contribution in [1.82, 2.24) is 15.1 Å². The van der Waals surface area contributed by atoms with Crippen LogP contribution in [-0.4, -0.2) is 27.0 Å². The Morgan fingerprint density at radius 3 is 2.44 bits per heavy atom. The topological polar surface area (TPSA) is 58.2 Å². The van der Waals surface area contributed by atoms with E-state index in [-0.39, 0.29) is 18.0 Å². The van der Waals surface area contributed by atoms with E-state index in [0.717, 1.165) is 59.4 Å². The number of hydrogen-bond donors (Lipinski definition) is 1. The molecule has 0 spiro atoms. The van der Waals surface area contributed by atoms with Crippen molar-refractivity contribution in [3.8, 4) is 17.0 Å². The molecule has 2 aliphatic rings. The number of aromatic nitrogens is 2. The summed E-state index contributed by atoms with van der Waals surface area (Å²) in [5.41, 5.74) is 6.66. The van der Waals surface area contributed by atoms with E-state index >= 15 is 0 Å². The van der Waals surface area contributed by atoms with Crippen molar-refractivity contribution < 1.29 is 9.53 Å². The second-order valence-electron chi connectivity index (χ2n) is 9.73. The fraction of sp³-hybridized carbons (Fsp3) is 0.267. The Morgan fingerprint density at radius 2 is 1.72 bits per heavy atom. The lowest BCUT2D eigenvalue weighted by molar-refractivity contribution is 0.0660. The number of nitrogens with zero attached hydrogens (tertiary/aromatic N) is 2. The summed E-state index contributed by atoms with van der Waals surface area (Å²) in [4.78, 5) is 15.7. The average Bonchev–Trinajstić information content (AvgIpc) is 3.63. The van der Waals surface area contributed by atoms with Gasteiger partial charge in [-0.25, -0.2) is 0 Å².